The highest BCUT2D eigenvalue weighted by Gasteiger charge is 2.36. The summed E-state index contributed by atoms with van der Waals surface area (Å²) in [4.78, 5) is 15.8. The average Bonchev–Trinajstić information content (AvgIpc) is 2.96. The second kappa shape index (κ2) is 5.65. The minimum atomic E-state index is -0.241. The molecule has 2 atom stereocenters. The van der Waals surface area contributed by atoms with Gasteiger partial charge < -0.3 is 4.90 Å². The minimum Gasteiger partial charge on any atom is -0.335 e. The van der Waals surface area contributed by atoms with Crippen LogP contribution in [0.5, 0.6) is 0 Å². The third-order valence-electron chi connectivity index (χ3n) is 5.19. The summed E-state index contributed by atoms with van der Waals surface area (Å²) in [5.74, 6) is 0.603. The summed E-state index contributed by atoms with van der Waals surface area (Å²) in [7, 11) is 0. The van der Waals surface area contributed by atoms with Gasteiger partial charge in [-0.2, -0.15) is 0 Å². The van der Waals surface area contributed by atoms with Gasteiger partial charge in [0, 0.05) is 17.3 Å². The fourth-order valence-electron chi connectivity index (χ4n) is 4.14. The monoisotopic (exact) mass is 317 g/mol. The third-order valence-corrected chi connectivity index (χ3v) is 6.30. The number of thiophene rings is 1. The average molecular weight is 317 g/mol. The molecule has 1 aromatic heterocycles. The molecule has 0 bridgehead atoms. The molecular weight excluding hydrogens is 297 g/mol. The topological polar surface area (TPSA) is 20.3 Å². The SMILES string of the molecule is O=C(c1cc2cc(F)ccc2s1)N1CCC[C@H]2CCCC[C@H]21. The molecule has 2 aromatic rings. The van der Waals surface area contributed by atoms with Crippen molar-refractivity contribution < 1.29 is 9.18 Å². The lowest BCUT2D eigenvalue weighted by molar-refractivity contribution is 0.0395. The zero-order chi connectivity index (χ0) is 15.1. The maximum Gasteiger partial charge on any atom is 0.264 e. The Bertz CT molecular complexity index is 708. The number of amides is 1. The molecule has 1 saturated carbocycles. The van der Waals surface area contributed by atoms with E-state index in [9.17, 15) is 9.18 Å². The Hall–Kier alpha value is -1.42. The van der Waals surface area contributed by atoms with E-state index in [4.69, 9.17) is 0 Å². The van der Waals surface area contributed by atoms with E-state index in [0.717, 1.165) is 34.3 Å². The summed E-state index contributed by atoms with van der Waals surface area (Å²) in [5.41, 5.74) is 0. The van der Waals surface area contributed by atoms with Gasteiger partial charge in [-0.25, -0.2) is 4.39 Å². The molecule has 1 saturated heterocycles. The molecule has 4 heteroatoms. The molecule has 1 aliphatic heterocycles. The third kappa shape index (κ3) is 2.43. The van der Waals surface area contributed by atoms with Crippen molar-refractivity contribution in [1.82, 2.24) is 4.90 Å². The van der Waals surface area contributed by atoms with Crippen LogP contribution < -0.4 is 0 Å². The van der Waals surface area contributed by atoms with E-state index in [2.05, 4.69) is 4.90 Å². The molecule has 2 nitrogen and oxygen atoms in total. The van der Waals surface area contributed by atoms with Crippen LogP contribution in [0.1, 0.15) is 48.2 Å². The van der Waals surface area contributed by atoms with E-state index in [1.165, 1.54) is 49.2 Å². The maximum absolute atomic E-state index is 13.3. The molecule has 4 rings (SSSR count). The Labute approximate surface area is 133 Å². The van der Waals surface area contributed by atoms with E-state index in [-0.39, 0.29) is 11.7 Å². The number of fused-ring (bicyclic) bond motifs is 2. The normalized spacial score (nSPS) is 25.2. The number of piperidine rings is 1. The number of hydrogen-bond donors (Lipinski definition) is 0. The fraction of sp³-hybridized carbons (Fsp3) is 0.500. The van der Waals surface area contributed by atoms with Crippen molar-refractivity contribution in [2.24, 2.45) is 5.92 Å². The zero-order valence-corrected chi connectivity index (χ0v) is 13.4. The molecule has 0 unspecified atom stereocenters. The highest BCUT2D eigenvalue weighted by molar-refractivity contribution is 7.20. The van der Waals surface area contributed by atoms with Crippen LogP contribution in [0.3, 0.4) is 0 Å². The summed E-state index contributed by atoms with van der Waals surface area (Å²) in [6, 6.07) is 7.04. The number of rotatable bonds is 1. The van der Waals surface area contributed by atoms with Gasteiger partial charge in [-0.3, -0.25) is 4.79 Å². The summed E-state index contributed by atoms with van der Waals surface area (Å²) in [6.07, 6.45) is 7.36. The number of halogens is 1. The van der Waals surface area contributed by atoms with Gasteiger partial charge in [-0.05, 0) is 61.3 Å². The Morgan fingerprint density at radius 2 is 1.95 bits per heavy atom. The molecule has 1 aliphatic carbocycles. The summed E-state index contributed by atoms with van der Waals surface area (Å²) in [6.45, 7) is 0.878. The number of carbonyl (C=O) groups is 1. The predicted molar refractivity (Wildman–Crippen MR) is 87.8 cm³/mol. The van der Waals surface area contributed by atoms with E-state index in [1.54, 1.807) is 6.07 Å². The van der Waals surface area contributed by atoms with Gasteiger partial charge in [-0.15, -0.1) is 11.3 Å². The first-order valence-corrected chi connectivity index (χ1v) is 9.04. The van der Waals surface area contributed by atoms with Gasteiger partial charge in [0.2, 0.25) is 0 Å². The molecule has 2 aliphatic rings. The van der Waals surface area contributed by atoms with Crippen molar-refractivity contribution in [2.45, 2.75) is 44.6 Å². The summed E-state index contributed by atoms with van der Waals surface area (Å²) < 4.78 is 14.3. The van der Waals surface area contributed by atoms with Crippen molar-refractivity contribution in [3.63, 3.8) is 0 Å². The van der Waals surface area contributed by atoms with Crippen LogP contribution in [0.2, 0.25) is 0 Å². The molecule has 0 N–H and O–H groups in total. The summed E-state index contributed by atoms with van der Waals surface area (Å²) >= 11 is 1.49. The lowest BCUT2D eigenvalue weighted by atomic mass is 9.78. The first kappa shape index (κ1) is 14.2. The molecule has 116 valence electrons. The van der Waals surface area contributed by atoms with Gasteiger partial charge >= 0.3 is 0 Å². The highest BCUT2D eigenvalue weighted by atomic mass is 32.1. The van der Waals surface area contributed by atoms with Gasteiger partial charge in [0.05, 0.1) is 4.88 Å². The summed E-state index contributed by atoms with van der Waals surface area (Å²) in [5, 5.41) is 0.838. The van der Waals surface area contributed by atoms with Crippen LogP contribution in [0.25, 0.3) is 10.1 Å². The van der Waals surface area contributed by atoms with Crippen LogP contribution in [0.4, 0.5) is 4.39 Å². The number of nitrogens with zero attached hydrogens (tertiary/aromatic N) is 1. The van der Waals surface area contributed by atoms with Gasteiger partial charge in [-0.1, -0.05) is 12.8 Å². The molecule has 1 aromatic carbocycles. The highest BCUT2D eigenvalue weighted by Crippen LogP contribution is 2.37. The standard InChI is InChI=1S/C18H20FNOS/c19-14-7-8-16-13(10-14)11-17(22-16)18(21)20-9-3-5-12-4-1-2-6-15(12)20/h7-8,10-12,15H,1-6,9H2/t12-,15-/m1/s1. The predicted octanol–water partition coefficient (Wildman–Crippen LogP) is 4.84. The van der Waals surface area contributed by atoms with Gasteiger partial charge in [0.1, 0.15) is 5.82 Å². The van der Waals surface area contributed by atoms with E-state index in [1.807, 2.05) is 6.07 Å². The quantitative estimate of drug-likeness (QED) is 0.737. The number of hydrogen-bond acceptors (Lipinski definition) is 2. The first-order chi connectivity index (χ1) is 10.7. The van der Waals surface area contributed by atoms with Crippen molar-refractivity contribution in [2.75, 3.05) is 6.54 Å². The van der Waals surface area contributed by atoms with Gasteiger partial charge in [0.25, 0.3) is 5.91 Å². The Kier molecular flexibility index (Phi) is 3.65. The largest absolute Gasteiger partial charge is 0.335 e. The molecular formula is C18H20FNOS. The number of carbonyl (C=O) groups excluding carboxylic acids is 1. The molecule has 2 heterocycles. The second-order valence-electron chi connectivity index (χ2n) is 6.55. The molecule has 0 radical (unpaired) electrons. The van der Waals surface area contributed by atoms with Gasteiger partial charge in [0.15, 0.2) is 0 Å². The molecule has 22 heavy (non-hydrogen) atoms. The van der Waals surface area contributed by atoms with Crippen molar-refractivity contribution in [1.29, 1.82) is 0 Å². The van der Waals surface area contributed by atoms with E-state index < -0.39 is 0 Å². The zero-order valence-electron chi connectivity index (χ0n) is 12.6. The molecule has 2 fully saturated rings. The lowest BCUT2D eigenvalue weighted by Gasteiger charge is -2.44. The van der Waals surface area contributed by atoms with Crippen LogP contribution in [-0.4, -0.2) is 23.4 Å². The van der Waals surface area contributed by atoms with Crippen LogP contribution >= 0.6 is 11.3 Å². The maximum atomic E-state index is 13.3. The van der Waals surface area contributed by atoms with Crippen LogP contribution in [0.15, 0.2) is 24.3 Å². The van der Waals surface area contributed by atoms with Crippen molar-refractivity contribution in [3.8, 4) is 0 Å². The smallest absolute Gasteiger partial charge is 0.264 e. The second-order valence-corrected chi connectivity index (χ2v) is 7.63. The number of benzene rings is 1. The van der Waals surface area contributed by atoms with Crippen LogP contribution in [-0.2, 0) is 0 Å². The molecule has 1 amide bonds. The Morgan fingerprint density at radius 3 is 2.86 bits per heavy atom. The lowest BCUT2D eigenvalue weighted by Crippen LogP contribution is -2.49. The van der Waals surface area contributed by atoms with E-state index >= 15 is 0 Å². The van der Waals surface area contributed by atoms with Crippen LogP contribution in [0, 0.1) is 11.7 Å². The van der Waals surface area contributed by atoms with Crippen molar-refractivity contribution in [3.05, 3.63) is 35.0 Å². The fourth-order valence-corrected chi connectivity index (χ4v) is 5.14. The first-order valence-electron chi connectivity index (χ1n) is 8.22. The Morgan fingerprint density at radius 1 is 1.14 bits per heavy atom. The minimum absolute atomic E-state index is 0.151. The number of likely N-dealkylation sites (tertiary alicyclic amines) is 1. The van der Waals surface area contributed by atoms with E-state index in [0.29, 0.717) is 12.0 Å². The molecule has 0 spiro atoms. The van der Waals surface area contributed by atoms with Crippen molar-refractivity contribution >= 4 is 27.3 Å². The Balaban J connectivity index is 1.64.